The zero-order chi connectivity index (χ0) is 44.8. The van der Waals surface area contributed by atoms with E-state index in [1.807, 2.05) is 60.7 Å². The van der Waals surface area contributed by atoms with Gasteiger partial charge in [-0.1, -0.05) is 112 Å². The van der Waals surface area contributed by atoms with E-state index >= 15 is 0 Å². The molecule has 0 N–H and O–H groups in total. The van der Waals surface area contributed by atoms with Crippen LogP contribution in [0.15, 0.2) is 82.8 Å². The summed E-state index contributed by atoms with van der Waals surface area (Å²) in [5, 5.41) is 0. The molecule has 6 fully saturated rings. The molecule has 0 bridgehead atoms. The van der Waals surface area contributed by atoms with Gasteiger partial charge >= 0.3 is 12.2 Å². The Hall–Kier alpha value is -5.86. The van der Waals surface area contributed by atoms with Crippen molar-refractivity contribution in [3.05, 3.63) is 83.9 Å². The molecule has 2 aromatic carbocycles. The molecule has 6 aliphatic rings. The number of fused-ring (bicyclic) bond motifs is 9. The van der Waals surface area contributed by atoms with E-state index in [0.29, 0.717) is 79.2 Å². The van der Waals surface area contributed by atoms with E-state index in [0.717, 1.165) is 62.5 Å². The summed E-state index contributed by atoms with van der Waals surface area (Å²) in [5.74, 6) is -0.540. The van der Waals surface area contributed by atoms with Crippen molar-refractivity contribution in [2.45, 2.75) is 90.3 Å². The number of ether oxygens (including phenoxy) is 2. The quantitative estimate of drug-likeness (QED) is 0.160. The summed E-state index contributed by atoms with van der Waals surface area (Å²) in [6, 6.07) is 22.0. The fourth-order valence-corrected chi connectivity index (χ4v) is 15.3. The van der Waals surface area contributed by atoms with E-state index in [1.165, 1.54) is 31.8 Å². The summed E-state index contributed by atoms with van der Waals surface area (Å²) < 4.78 is 17.1. The number of carbonyl (C=O) groups is 6. The molecule has 12 nitrogen and oxygen atoms in total. The molecule has 8 unspecified atom stereocenters. The largest absolute Gasteiger partial charge is 0.444 e. The van der Waals surface area contributed by atoms with Crippen LogP contribution in [0.4, 0.5) is 21.2 Å². The van der Waals surface area contributed by atoms with Crippen molar-refractivity contribution >= 4 is 111 Å². The Morgan fingerprint density at radius 1 is 0.515 bits per heavy atom. The van der Waals surface area contributed by atoms with Crippen LogP contribution in [0.3, 0.4) is 0 Å². The van der Waals surface area contributed by atoms with Gasteiger partial charge in [0.1, 0.15) is 24.8 Å². The van der Waals surface area contributed by atoms with Crippen molar-refractivity contribution in [1.29, 1.82) is 0 Å². The summed E-state index contributed by atoms with van der Waals surface area (Å²) in [6.45, 7) is -0.0510. The number of aliphatic imine (C=N–C) groups is 2. The molecule has 0 saturated heterocycles. The molecule has 6 aliphatic carbocycles. The van der Waals surface area contributed by atoms with Gasteiger partial charge in [0.15, 0.2) is 34.6 Å². The van der Waals surface area contributed by atoms with Gasteiger partial charge in [0, 0.05) is 35.8 Å². The maximum absolute atomic E-state index is 14.4. The molecule has 336 valence electrons. The third-order valence-electron chi connectivity index (χ3n) is 15.8. The van der Waals surface area contributed by atoms with E-state index in [1.54, 1.807) is 12.1 Å². The highest BCUT2D eigenvalue weighted by molar-refractivity contribution is 7.36. The van der Waals surface area contributed by atoms with E-state index in [-0.39, 0.29) is 59.4 Å². The Morgan fingerprint density at radius 2 is 0.848 bits per heavy atom. The molecule has 6 aromatic rings. The summed E-state index contributed by atoms with van der Waals surface area (Å²) in [4.78, 5) is 94.6. The Balaban J connectivity index is 0.968. The second kappa shape index (κ2) is 16.5. The molecule has 14 heteroatoms. The summed E-state index contributed by atoms with van der Waals surface area (Å²) in [6.07, 6.45) is 10.3. The normalized spacial score (nSPS) is 27.3. The zero-order valence-electron chi connectivity index (χ0n) is 36.3. The monoisotopic (exact) mass is 920 g/mol. The van der Waals surface area contributed by atoms with Crippen LogP contribution in [-0.4, -0.2) is 55.9 Å². The van der Waals surface area contributed by atoms with Crippen LogP contribution >= 0.6 is 22.7 Å². The molecule has 0 amide bonds. The Bertz CT molecular complexity index is 2810. The first-order valence-electron chi connectivity index (χ1n) is 23.6. The number of rotatable bonds is 6. The fourth-order valence-electron chi connectivity index (χ4n) is 12.6. The second-order valence-electron chi connectivity index (χ2n) is 19.4. The van der Waals surface area contributed by atoms with Crippen molar-refractivity contribution in [2.75, 3.05) is 0 Å². The number of thiophene rings is 2. The maximum atomic E-state index is 14.4. The Labute approximate surface area is 388 Å². The topological polar surface area (TPSA) is 155 Å². The number of nitrogens with zero attached hydrogens (tertiary/aromatic N) is 4. The van der Waals surface area contributed by atoms with Gasteiger partial charge < -0.3 is 9.47 Å². The molecular weight excluding hydrogens is 873 g/mol. The van der Waals surface area contributed by atoms with Crippen LogP contribution in [0.2, 0.25) is 0 Å². The van der Waals surface area contributed by atoms with Crippen LogP contribution in [0.25, 0.3) is 29.8 Å². The summed E-state index contributed by atoms with van der Waals surface area (Å²) in [5.41, 5.74) is 2.28. The van der Waals surface area contributed by atoms with Gasteiger partial charge in [0.2, 0.25) is 0 Å². The third-order valence-corrected chi connectivity index (χ3v) is 18.2. The molecule has 66 heavy (non-hydrogen) atoms. The fraction of sp³-hybridized carbons (Fsp3) is 0.423. The van der Waals surface area contributed by atoms with E-state index in [2.05, 4.69) is 0 Å². The molecular formula is C52H48N4O8S2. The van der Waals surface area contributed by atoms with Crippen molar-refractivity contribution < 1.29 is 38.2 Å². The molecule has 4 aromatic heterocycles. The minimum absolute atomic E-state index is 0.0255. The number of carbonyl (C=O) groups excluding carboxylic acids is 6. The highest BCUT2D eigenvalue weighted by Gasteiger charge is 2.54. The van der Waals surface area contributed by atoms with E-state index in [4.69, 9.17) is 19.5 Å². The third kappa shape index (κ3) is 6.88. The van der Waals surface area contributed by atoms with Crippen LogP contribution in [-0.2, 0) is 41.9 Å². The highest BCUT2D eigenvalue weighted by Crippen LogP contribution is 2.52. The van der Waals surface area contributed by atoms with Crippen molar-refractivity contribution in [3.63, 3.8) is 0 Å². The predicted molar refractivity (Wildman–Crippen MR) is 252 cm³/mol. The highest BCUT2D eigenvalue weighted by atomic mass is 32.1. The van der Waals surface area contributed by atoms with E-state index in [9.17, 15) is 28.8 Å². The average molecular weight is 921 g/mol. The number of benzene rings is 2. The summed E-state index contributed by atoms with van der Waals surface area (Å²) >= 11 is 2.64. The maximum Gasteiger partial charge on any atom is 0.420 e. The van der Waals surface area contributed by atoms with Crippen molar-refractivity contribution in [3.8, 4) is 0 Å². The number of Topliss-reactive ketones (excluding diaryl/α,β-unsaturated/α-hetero) is 4. The average Bonchev–Trinajstić information content (AvgIpc) is 4.15. The molecule has 6 saturated carbocycles. The number of ketones is 4. The molecule has 0 aliphatic heterocycles. The van der Waals surface area contributed by atoms with Gasteiger partial charge in [-0.3, -0.25) is 19.2 Å². The number of hydrogen-bond donors (Lipinski definition) is 0. The molecule has 4 heterocycles. The Kier molecular flexibility index (Phi) is 10.4. The lowest BCUT2D eigenvalue weighted by Crippen LogP contribution is -2.35. The lowest BCUT2D eigenvalue weighted by atomic mass is 9.64. The lowest BCUT2D eigenvalue weighted by molar-refractivity contribution is -0.123. The first kappa shape index (κ1) is 41.6. The number of aromatic nitrogens is 2. The van der Waals surface area contributed by atoms with Gasteiger partial charge in [0.05, 0.1) is 29.8 Å². The smallest absolute Gasteiger partial charge is 0.420 e. The van der Waals surface area contributed by atoms with Crippen LogP contribution in [0.5, 0.6) is 0 Å². The van der Waals surface area contributed by atoms with Crippen LogP contribution in [0.1, 0.15) is 88.2 Å². The van der Waals surface area contributed by atoms with Crippen LogP contribution < -0.4 is 0 Å². The van der Waals surface area contributed by atoms with Crippen LogP contribution in [0, 0.1) is 47.3 Å². The summed E-state index contributed by atoms with van der Waals surface area (Å²) in [7, 11) is 0. The van der Waals surface area contributed by atoms with Gasteiger partial charge in [-0.05, 0) is 60.5 Å². The second-order valence-corrected chi connectivity index (χ2v) is 21.5. The molecule has 0 spiro atoms. The van der Waals surface area contributed by atoms with E-state index < -0.39 is 35.9 Å². The standard InChI is InChI=1S/C52H48N4O8S2/c57-45-33-19-29-15-7-8-16-30(29)20-34(33)46(58)41(45)53-39-23-37-43(55(39)51(61)63-25-27-11-3-1-4-12-27)49-50(65-37)44-38(66-49)24-40(56(44)52(62)64-26-28-13-5-2-6-14-28)54-42-47(59)35-21-31-17-9-10-18-32(31)22-36(35)48(42)60/h1-6,11-14,23-24,29-36H,7-10,15-22,25-26H2. The predicted octanol–water partition coefficient (Wildman–Crippen LogP) is 11.4. The van der Waals surface area contributed by atoms with Crippen molar-refractivity contribution in [2.24, 2.45) is 57.3 Å². The minimum Gasteiger partial charge on any atom is -0.444 e. The molecule has 0 radical (unpaired) electrons. The zero-order valence-corrected chi connectivity index (χ0v) is 38.0. The van der Waals surface area contributed by atoms with Crippen molar-refractivity contribution in [1.82, 2.24) is 9.13 Å². The molecule has 12 rings (SSSR count). The lowest BCUT2D eigenvalue weighted by Gasteiger charge is -2.39. The Morgan fingerprint density at radius 3 is 1.18 bits per heavy atom. The van der Waals surface area contributed by atoms with Gasteiger partial charge in [-0.25, -0.2) is 28.7 Å². The van der Waals surface area contributed by atoms with Gasteiger partial charge in [-0.15, -0.1) is 22.7 Å². The number of hydrogen-bond acceptors (Lipinski definition) is 12. The van der Waals surface area contributed by atoms with Gasteiger partial charge in [0.25, 0.3) is 0 Å². The molecule has 8 atom stereocenters. The minimum atomic E-state index is -0.732. The first-order chi connectivity index (χ1) is 32.2. The SMILES string of the molecule is O=C1C(=Nc2cc3sc4c(sc5cc(N=C6C(=O)C7CC8CCCCC8CC7C6=O)n(C(=O)OCc6ccccc6)c54)c3n2C(=O)OCc2ccccc2)C(=O)C2CC3CCCCC3CC12. The first-order valence-corrected chi connectivity index (χ1v) is 25.2. The van der Waals surface area contributed by atoms with Gasteiger partial charge in [-0.2, -0.15) is 0 Å².